The predicted molar refractivity (Wildman–Crippen MR) is 75.8 cm³/mol. The van der Waals surface area contributed by atoms with Crippen molar-refractivity contribution in [1.82, 2.24) is 0 Å². The van der Waals surface area contributed by atoms with E-state index in [1.807, 2.05) is 12.1 Å². The highest BCUT2D eigenvalue weighted by molar-refractivity contribution is 5.27. The lowest BCUT2D eigenvalue weighted by Gasteiger charge is -2.29. The number of hydrogen-bond donors (Lipinski definition) is 1. The second-order valence-electron chi connectivity index (χ2n) is 5.52. The molecule has 0 spiro atoms. The van der Waals surface area contributed by atoms with Gasteiger partial charge >= 0.3 is 0 Å². The van der Waals surface area contributed by atoms with Crippen LogP contribution >= 0.6 is 0 Å². The van der Waals surface area contributed by atoms with Crippen molar-refractivity contribution in [3.05, 3.63) is 29.8 Å². The van der Waals surface area contributed by atoms with Gasteiger partial charge in [-0.3, -0.25) is 0 Å². The molecular formula is C16H25NO. The minimum Gasteiger partial charge on any atom is -0.493 e. The Balaban J connectivity index is 1.86. The van der Waals surface area contributed by atoms with Gasteiger partial charge in [0.1, 0.15) is 5.75 Å². The smallest absolute Gasteiger partial charge is 0.119 e. The summed E-state index contributed by atoms with van der Waals surface area (Å²) >= 11 is 0. The van der Waals surface area contributed by atoms with E-state index < -0.39 is 0 Å². The van der Waals surface area contributed by atoms with Crippen molar-refractivity contribution >= 4 is 0 Å². The molecule has 0 aliphatic heterocycles. The fraction of sp³-hybridized carbons (Fsp3) is 0.625. The van der Waals surface area contributed by atoms with Gasteiger partial charge in [0.25, 0.3) is 0 Å². The zero-order chi connectivity index (χ0) is 12.8. The molecule has 1 aromatic rings. The summed E-state index contributed by atoms with van der Waals surface area (Å²) < 4.78 is 5.91. The zero-order valence-corrected chi connectivity index (χ0v) is 11.4. The molecule has 1 fully saturated rings. The lowest BCUT2D eigenvalue weighted by molar-refractivity contribution is 0.167. The van der Waals surface area contributed by atoms with Crippen LogP contribution in [0.4, 0.5) is 0 Å². The third-order valence-corrected chi connectivity index (χ3v) is 4.07. The van der Waals surface area contributed by atoms with Gasteiger partial charge in [0.05, 0.1) is 6.61 Å². The number of ether oxygens (including phenoxy) is 1. The van der Waals surface area contributed by atoms with Crippen LogP contribution in [0, 0.1) is 18.8 Å². The predicted octanol–water partition coefficient (Wildman–Crippen LogP) is 3.53. The molecule has 0 bridgehead atoms. The maximum atomic E-state index is 5.92. The van der Waals surface area contributed by atoms with Crippen LogP contribution in [0.5, 0.6) is 5.75 Å². The van der Waals surface area contributed by atoms with Crippen molar-refractivity contribution < 1.29 is 4.74 Å². The van der Waals surface area contributed by atoms with Crippen LogP contribution in [0.1, 0.15) is 37.7 Å². The van der Waals surface area contributed by atoms with Crippen LogP contribution in [0.15, 0.2) is 24.3 Å². The first-order chi connectivity index (χ1) is 8.79. The van der Waals surface area contributed by atoms with E-state index in [4.69, 9.17) is 10.5 Å². The van der Waals surface area contributed by atoms with Crippen LogP contribution < -0.4 is 10.5 Å². The molecule has 18 heavy (non-hydrogen) atoms. The monoisotopic (exact) mass is 247 g/mol. The Labute approximate surface area is 111 Å². The van der Waals surface area contributed by atoms with Gasteiger partial charge < -0.3 is 10.5 Å². The van der Waals surface area contributed by atoms with E-state index in [2.05, 4.69) is 19.1 Å². The van der Waals surface area contributed by atoms with E-state index in [1.165, 1.54) is 37.7 Å². The second kappa shape index (κ2) is 6.79. The van der Waals surface area contributed by atoms with Gasteiger partial charge in [0.15, 0.2) is 0 Å². The van der Waals surface area contributed by atoms with Crippen molar-refractivity contribution in [1.29, 1.82) is 0 Å². The highest BCUT2D eigenvalue weighted by atomic mass is 16.5. The molecule has 0 aromatic heterocycles. The molecule has 100 valence electrons. The Bertz CT molecular complexity index is 358. The number of rotatable bonds is 5. The Kier molecular flexibility index (Phi) is 5.06. The Morgan fingerprint density at radius 3 is 2.72 bits per heavy atom. The first kappa shape index (κ1) is 13.4. The Morgan fingerprint density at radius 2 is 2.06 bits per heavy atom. The second-order valence-corrected chi connectivity index (χ2v) is 5.52. The molecule has 2 nitrogen and oxygen atoms in total. The van der Waals surface area contributed by atoms with E-state index in [1.54, 1.807) is 0 Å². The zero-order valence-electron chi connectivity index (χ0n) is 11.4. The molecule has 0 amide bonds. The van der Waals surface area contributed by atoms with E-state index in [0.717, 1.165) is 24.8 Å². The maximum absolute atomic E-state index is 5.92. The largest absolute Gasteiger partial charge is 0.493 e. The molecule has 0 saturated heterocycles. The normalized spacial score (nSPS) is 18.6. The van der Waals surface area contributed by atoms with Crippen molar-refractivity contribution in [2.75, 3.05) is 13.2 Å². The summed E-state index contributed by atoms with van der Waals surface area (Å²) in [5.41, 5.74) is 7.16. The number of aryl methyl sites for hydroxylation is 1. The van der Waals surface area contributed by atoms with Gasteiger partial charge in [-0.1, -0.05) is 44.2 Å². The average Bonchev–Trinajstić information content (AvgIpc) is 2.41. The average molecular weight is 247 g/mol. The minimum atomic E-state index is 0.519. The van der Waals surface area contributed by atoms with Crippen molar-refractivity contribution in [3.63, 3.8) is 0 Å². The first-order valence-corrected chi connectivity index (χ1v) is 7.19. The summed E-state index contributed by atoms with van der Waals surface area (Å²) in [5, 5.41) is 0. The SMILES string of the molecule is Cc1cccc(OCC(CN)C2CCCCC2)c1. The molecule has 1 aliphatic carbocycles. The van der Waals surface area contributed by atoms with Gasteiger partial charge in [-0.25, -0.2) is 0 Å². The molecule has 1 unspecified atom stereocenters. The van der Waals surface area contributed by atoms with Gasteiger partial charge in [-0.2, -0.15) is 0 Å². The van der Waals surface area contributed by atoms with E-state index in [0.29, 0.717) is 5.92 Å². The van der Waals surface area contributed by atoms with E-state index in [-0.39, 0.29) is 0 Å². The standard InChI is InChI=1S/C16H25NO/c1-13-6-5-9-16(10-13)18-12-15(11-17)14-7-3-2-4-8-14/h5-6,9-10,14-15H,2-4,7-8,11-12,17H2,1H3. The lowest BCUT2D eigenvalue weighted by atomic mass is 9.80. The van der Waals surface area contributed by atoms with Crippen molar-refractivity contribution in [2.24, 2.45) is 17.6 Å². The van der Waals surface area contributed by atoms with Crippen molar-refractivity contribution in [3.8, 4) is 5.75 Å². The Hall–Kier alpha value is -1.02. The summed E-state index contributed by atoms with van der Waals surface area (Å²) in [6.07, 6.45) is 6.79. The number of hydrogen-bond acceptors (Lipinski definition) is 2. The summed E-state index contributed by atoms with van der Waals surface area (Å²) in [4.78, 5) is 0. The highest BCUT2D eigenvalue weighted by Crippen LogP contribution is 2.30. The van der Waals surface area contributed by atoms with Gasteiger partial charge in [-0.15, -0.1) is 0 Å². The van der Waals surface area contributed by atoms with Crippen LogP contribution in [0.25, 0.3) is 0 Å². The fourth-order valence-electron chi connectivity index (χ4n) is 2.91. The summed E-state index contributed by atoms with van der Waals surface area (Å²) in [5.74, 6) is 2.27. The molecular weight excluding hydrogens is 222 g/mol. The highest BCUT2D eigenvalue weighted by Gasteiger charge is 2.23. The minimum absolute atomic E-state index is 0.519. The molecule has 1 atom stereocenters. The molecule has 2 N–H and O–H groups in total. The summed E-state index contributed by atoms with van der Waals surface area (Å²) in [6, 6.07) is 8.26. The summed E-state index contributed by atoms with van der Waals surface area (Å²) in [6.45, 7) is 3.61. The molecule has 2 rings (SSSR count). The van der Waals surface area contributed by atoms with Crippen LogP contribution in [-0.4, -0.2) is 13.2 Å². The fourth-order valence-corrected chi connectivity index (χ4v) is 2.91. The number of nitrogens with two attached hydrogens (primary N) is 1. The maximum Gasteiger partial charge on any atom is 0.119 e. The molecule has 1 aliphatic rings. The Morgan fingerprint density at radius 1 is 1.28 bits per heavy atom. The van der Waals surface area contributed by atoms with Crippen LogP contribution in [-0.2, 0) is 0 Å². The van der Waals surface area contributed by atoms with E-state index in [9.17, 15) is 0 Å². The summed E-state index contributed by atoms with van der Waals surface area (Å²) in [7, 11) is 0. The first-order valence-electron chi connectivity index (χ1n) is 7.19. The molecule has 1 saturated carbocycles. The van der Waals surface area contributed by atoms with Crippen LogP contribution in [0.3, 0.4) is 0 Å². The number of benzene rings is 1. The molecule has 2 heteroatoms. The van der Waals surface area contributed by atoms with Gasteiger partial charge in [-0.05, 0) is 37.1 Å². The lowest BCUT2D eigenvalue weighted by Crippen LogP contribution is -2.30. The van der Waals surface area contributed by atoms with Crippen molar-refractivity contribution in [2.45, 2.75) is 39.0 Å². The third-order valence-electron chi connectivity index (χ3n) is 4.07. The van der Waals surface area contributed by atoms with Gasteiger partial charge in [0.2, 0.25) is 0 Å². The molecule has 0 heterocycles. The third kappa shape index (κ3) is 3.74. The quantitative estimate of drug-likeness (QED) is 0.864. The van der Waals surface area contributed by atoms with Gasteiger partial charge in [0, 0.05) is 5.92 Å². The van der Waals surface area contributed by atoms with E-state index >= 15 is 0 Å². The molecule has 1 aromatic carbocycles. The topological polar surface area (TPSA) is 35.2 Å². The van der Waals surface area contributed by atoms with Crippen LogP contribution in [0.2, 0.25) is 0 Å². The molecule has 0 radical (unpaired) electrons.